The second kappa shape index (κ2) is 15.4. The van der Waals surface area contributed by atoms with Gasteiger partial charge in [0, 0.05) is 16.8 Å². The molecule has 0 saturated carbocycles. The van der Waals surface area contributed by atoms with Crippen LogP contribution in [0.1, 0.15) is 0 Å². The zero-order valence-corrected chi connectivity index (χ0v) is 30.5. The lowest BCUT2D eigenvalue weighted by Crippen LogP contribution is -2.13. The monoisotopic (exact) mass is 701 g/mol. The summed E-state index contributed by atoms with van der Waals surface area (Å²) in [5.74, 6) is 0. The van der Waals surface area contributed by atoms with Gasteiger partial charge in [0.15, 0.2) is 0 Å². The zero-order valence-electron chi connectivity index (χ0n) is 30.5. The van der Waals surface area contributed by atoms with Crippen molar-refractivity contribution >= 4 is 17.1 Å². The van der Waals surface area contributed by atoms with Crippen LogP contribution in [0.4, 0.5) is 17.1 Å². The van der Waals surface area contributed by atoms with E-state index in [0.717, 1.165) is 22.6 Å². The van der Waals surface area contributed by atoms with Crippen molar-refractivity contribution < 1.29 is 0 Å². The standard InChI is InChI=1S/C54H39N/c1-5-18-40(19-6-1)41-32-34-42(35-33-41)43-36-38-47(39-37-43)55(52-30-16-15-27-49(52)45-22-9-3-10-23-45)53-31-17-29-50(46-24-11-4-12-25-46)54(53)51-28-14-13-26-48(51)44-20-7-2-8-21-44/h1-39H. The number of hydrogen-bond donors (Lipinski definition) is 0. The molecule has 0 atom stereocenters. The molecule has 0 radical (unpaired) electrons. The Morgan fingerprint density at radius 2 is 0.545 bits per heavy atom. The largest absolute Gasteiger partial charge is 0.309 e. The molecular weight excluding hydrogens is 663 g/mol. The van der Waals surface area contributed by atoms with Crippen LogP contribution in [-0.2, 0) is 0 Å². The molecule has 0 heterocycles. The average molecular weight is 702 g/mol. The minimum atomic E-state index is 1.08. The number of rotatable bonds is 9. The van der Waals surface area contributed by atoms with Crippen molar-refractivity contribution in [2.24, 2.45) is 0 Å². The summed E-state index contributed by atoms with van der Waals surface area (Å²) in [4.78, 5) is 2.45. The van der Waals surface area contributed by atoms with Gasteiger partial charge in [-0.05, 0) is 79.9 Å². The Morgan fingerprint density at radius 1 is 0.200 bits per heavy atom. The third-order valence-corrected chi connectivity index (χ3v) is 10.3. The van der Waals surface area contributed by atoms with Crippen molar-refractivity contribution in [2.75, 3.05) is 4.90 Å². The van der Waals surface area contributed by atoms with Crippen LogP contribution in [0.25, 0.3) is 66.8 Å². The Kier molecular flexibility index (Phi) is 9.41. The Morgan fingerprint density at radius 3 is 1.09 bits per heavy atom. The third-order valence-electron chi connectivity index (χ3n) is 10.3. The second-order valence-corrected chi connectivity index (χ2v) is 13.7. The fourth-order valence-corrected chi connectivity index (χ4v) is 7.67. The Balaban J connectivity index is 1.26. The van der Waals surface area contributed by atoms with Gasteiger partial charge in [-0.2, -0.15) is 0 Å². The predicted octanol–water partition coefficient (Wildman–Crippen LogP) is 15.2. The molecule has 0 saturated heterocycles. The molecule has 0 aromatic heterocycles. The summed E-state index contributed by atoms with van der Waals surface area (Å²) < 4.78 is 0. The van der Waals surface area contributed by atoms with Gasteiger partial charge in [-0.25, -0.2) is 0 Å². The van der Waals surface area contributed by atoms with Crippen molar-refractivity contribution in [3.05, 3.63) is 237 Å². The lowest BCUT2D eigenvalue weighted by atomic mass is 9.87. The summed E-state index contributed by atoms with van der Waals surface area (Å²) in [7, 11) is 0. The van der Waals surface area contributed by atoms with E-state index in [9.17, 15) is 0 Å². The molecule has 0 amide bonds. The minimum Gasteiger partial charge on any atom is -0.309 e. The summed E-state index contributed by atoms with van der Waals surface area (Å²) in [6.45, 7) is 0. The number of para-hydroxylation sites is 1. The van der Waals surface area contributed by atoms with E-state index in [1.165, 1.54) is 61.2 Å². The number of anilines is 3. The molecule has 0 unspecified atom stereocenters. The van der Waals surface area contributed by atoms with Crippen molar-refractivity contribution in [3.8, 4) is 66.8 Å². The molecule has 0 aliphatic heterocycles. The predicted molar refractivity (Wildman–Crippen MR) is 234 cm³/mol. The third kappa shape index (κ3) is 6.88. The molecule has 0 aliphatic carbocycles. The van der Waals surface area contributed by atoms with Crippen LogP contribution in [0, 0.1) is 0 Å². The number of hydrogen-bond acceptors (Lipinski definition) is 1. The SMILES string of the molecule is c1ccc(-c2ccc(-c3ccc(N(c4ccccc4-c4ccccc4)c4cccc(-c5ccccc5)c4-c4ccccc4-c4ccccc4)cc3)cc2)cc1. The van der Waals surface area contributed by atoms with Crippen LogP contribution < -0.4 is 4.90 Å². The fourth-order valence-electron chi connectivity index (χ4n) is 7.67. The number of benzene rings is 9. The van der Waals surface area contributed by atoms with Gasteiger partial charge in [0.25, 0.3) is 0 Å². The molecule has 260 valence electrons. The maximum atomic E-state index is 2.45. The van der Waals surface area contributed by atoms with Crippen molar-refractivity contribution in [2.45, 2.75) is 0 Å². The van der Waals surface area contributed by atoms with Crippen molar-refractivity contribution in [1.29, 1.82) is 0 Å². The van der Waals surface area contributed by atoms with E-state index in [4.69, 9.17) is 0 Å². The van der Waals surface area contributed by atoms with Crippen LogP contribution in [-0.4, -0.2) is 0 Å². The summed E-state index contributed by atoms with van der Waals surface area (Å²) in [5, 5.41) is 0. The van der Waals surface area contributed by atoms with Gasteiger partial charge in [0.05, 0.1) is 11.4 Å². The molecule has 0 bridgehead atoms. The fraction of sp³-hybridized carbons (Fsp3) is 0. The van der Waals surface area contributed by atoms with Gasteiger partial charge < -0.3 is 4.90 Å². The van der Waals surface area contributed by atoms with E-state index in [1.807, 2.05) is 0 Å². The number of nitrogens with zero attached hydrogens (tertiary/aromatic N) is 1. The molecule has 0 N–H and O–H groups in total. The molecule has 1 heteroatoms. The normalized spacial score (nSPS) is 10.9. The van der Waals surface area contributed by atoms with E-state index in [0.29, 0.717) is 0 Å². The van der Waals surface area contributed by atoms with Crippen LogP contribution in [0.15, 0.2) is 237 Å². The van der Waals surface area contributed by atoms with Gasteiger partial charge >= 0.3 is 0 Å². The highest BCUT2D eigenvalue weighted by molar-refractivity contribution is 6.02. The molecule has 0 fully saturated rings. The van der Waals surface area contributed by atoms with Crippen LogP contribution in [0.3, 0.4) is 0 Å². The Bertz CT molecular complexity index is 2650. The highest BCUT2D eigenvalue weighted by atomic mass is 15.1. The Labute approximate surface area is 324 Å². The van der Waals surface area contributed by atoms with E-state index in [2.05, 4.69) is 241 Å². The van der Waals surface area contributed by atoms with E-state index in [-0.39, 0.29) is 0 Å². The first-order valence-electron chi connectivity index (χ1n) is 18.9. The van der Waals surface area contributed by atoms with Gasteiger partial charge in [0.1, 0.15) is 0 Å². The first-order valence-corrected chi connectivity index (χ1v) is 18.9. The second-order valence-electron chi connectivity index (χ2n) is 13.7. The summed E-state index contributed by atoms with van der Waals surface area (Å²) in [6, 6.07) is 85.0. The first-order chi connectivity index (χ1) is 27.3. The van der Waals surface area contributed by atoms with Gasteiger partial charge in [0.2, 0.25) is 0 Å². The summed E-state index contributed by atoms with van der Waals surface area (Å²) in [5.41, 5.74) is 17.5. The lowest BCUT2D eigenvalue weighted by Gasteiger charge is -2.31. The van der Waals surface area contributed by atoms with Crippen LogP contribution >= 0.6 is 0 Å². The highest BCUT2D eigenvalue weighted by Crippen LogP contribution is 2.49. The molecule has 9 aromatic carbocycles. The topological polar surface area (TPSA) is 3.24 Å². The van der Waals surface area contributed by atoms with Crippen molar-refractivity contribution in [3.63, 3.8) is 0 Å². The van der Waals surface area contributed by atoms with Gasteiger partial charge in [-0.1, -0.05) is 212 Å². The van der Waals surface area contributed by atoms with Gasteiger partial charge in [-0.15, -0.1) is 0 Å². The van der Waals surface area contributed by atoms with Crippen molar-refractivity contribution in [1.82, 2.24) is 0 Å². The molecule has 9 aromatic rings. The first kappa shape index (κ1) is 33.6. The van der Waals surface area contributed by atoms with Crippen LogP contribution in [0.2, 0.25) is 0 Å². The molecule has 0 aliphatic rings. The molecule has 0 spiro atoms. The molecular formula is C54H39N. The zero-order chi connectivity index (χ0) is 36.8. The summed E-state index contributed by atoms with van der Waals surface area (Å²) >= 11 is 0. The van der Waals surface area contributed by atoms with E-state index >= 15 is 0 Å². The lowest BCUT2D eigenvalue weighted by molar-refractivity contribution is 1.28. The molecule has 9 rings (SSSR count). The molecule has 55 heavy (non-hydrogen) atoms. The highest BCUT2D eigenvalue weighted by Gasteiger charge is 2.24. The summed E-state index contributed by atoms with van der Waals surface area (Å²) in [6.07, 6.45) is 0. The minimum absolute atomic E-state index is 1.08. The van der Waals surface area contributed by atoms with Crippen LogP contribution in [0.5, 0.6) is 0 Å². The smallest absolute Gasteiger partial charge is 0.0546 e. The van der Waals surface area contributed by atoms with Gasteiger partial charge in [-0.3, -0.25) is 0 Å². The molecule has 1 nitrogen and oxygen atoms in total. The quantitative estimate of drug-likeness (QED) is 0.145. The Hall–Kier alpha value is -7.22. The van der Waals surface area contributed by atoms with E-state index in [1.54, 1.807) is 0 Å². The maximum absolute atomic E-state index is 2.45. The van der Waals surface area contributed by atoms with E-state index < -0.39 is 0 Å². The average Bonchev–Trinajstić information content (AvgIpc) is 3.28. The maximum Gasteiger partial charge on any atom is 0.0546 e.